The van der Waals surface area contributed by atoms with Crippen molar-refractivity contribution < 1.29 is 43.0 Å². The second-order valence-corrected chi connectivity index (χ2v) is 19.4. The molecule has 0 saturated heterocycles. The first-order valence-electron chi connectivity index (χ1n) is 26.3. The molecule has 5 heterocycles. The number of H-pyrrole nitrogens is 1. The summed E-state index contributed by atoms with van der Waals surface area (Å²) in [6.07, 6.45) is 7.18. The van der Waals surface area contributed by atoms with Crippen LogP contribution in [0.2, 0.25) is 0 Å². The Morgan fingerprint density at radius 2 is 1.55 bits per heavy atom. The Kier molecular flexibility index (Phi) is 19.1. The van der Waals surface area contributed by atoms with E-state index in [1.165, 1.54) is 23.4 Å². The molecule has 80 heavy (non-hydrogen) atoms. The molecule has 0 radical (unpaired) electrons. The molecule has 0 bridgehead atoms. The Balaban J connectivity index is 0.939. The number of carbonyl (C=O) groups is 7. The van der Waals surface area contributed by atoms with Crippen LogP contribution in [0.15, 0.2) is 134 Å². The number of urea groups is 1. The molecule has 4 aromatic heterocycles. The third kappa shape index (κ3) is 15.5. The number of fused-ring (bicyclic) bond motifs is 1. The van der Waals surface area contributed by atoms with Crippen molar-refractivity contribution in [1.82, 2.24) is 55.3 Å². The molecular weight excluding hydrogens is 1020 g/mol. The summed E-state index contributed by atoms with van der Waals surface area (Å²) in [5.41, 5.74) is 11.0. The van der Waals surface area contributed by atoms with E-state index in [1.807, 2.05) is 98.0 Å². The van der Waals surface area contributed by atoms with Crippen LogP contribution in [0, 0.1) is 12.8 Å². The number of carbonyl (C=O) groups excluding carboxylic acids is 7. The minimum Gasteiger partial charge on any atom is -0.457 e. The quantitative estimate of drug-likeness (QED) is 0.0233. The maximum absolute atomic E-state index is 14.4. The smallest absolute Gasteiger partial charge is 0.410 e. The van der Waals surface area contributed by atoms with E-state index in [-0.39, 0.29) is 75.7 Å². The Morgan fingerprint density at radius 3 is 2.30 bits per heavy atom. The highest BCUT2D eigenvalue weighted by atomic mass is 16.6. The number of anilines is 1. The second kappa shape index (κ2) is 27.0. The molecule has 7 aromatic rings. The van der Waals surface area contributed by atoms with E-state index in [2.05, 4.69) is 36.3 Å². The molecule has 1 unspecified atom stereocenters. The predicted molar refractivity (Wildman–Crippen MR) is 296 cm³/mol. The van der Waals surface area contributed by atoms with Gasteiger partial charge in [0.25, 0.3) is 11.8 Å². The van der Waals surface area contributed by atoms with E-state index in [1.54, 1.807) is 42.6 Å². The van der Waals surface area contributed by atoms with Crippen LogP contribution in [0.25, 0.3) is 28.3 Å². The predicted octanol–water partition coefficient (Wildman–Crippen LogP) is 7.12. The molecule has 22 nitrogen and oxygen atoms in total. The molecule has 1 aliphatic heterocycles. The van der Waals surface area contributed by atoms with Crippen LogP contribution in [-0.4, -0.2) is 106 Å². The van der Waals surface area contributed by atoms with E-state index in [0.717, 1.165) is 16.2 Å². The first kappa shape index (κ1) is 56.5. The van der Waals surface area contributed by atoms with Crippen LogP contribution in [0.4, 0.5) is 15.3 Å². The normalized spacial score (nSPS) is 12.8. The highest BCUT2D eigenvalue weighted by Gasteiger charge is 2.30. The van der Waals surface area contributed by atoms with Gasteiger partial charge in [-0.25, -0.2) is 24.1 Å². The number of nitrogens with one attached hydrogen (secondary N) is 5. The van der Waals surface area contributed by atoms with Crippen LogP contribution in [0.5, 0.6) is 11.5 Å². The second-order valence-electron chi connectivity index (χ2n) is 19.4. The van der Waals surface area contributed by atoms with Gasteiger partial charge >= 0.3 is 12.1 Å². The zero-order chi connectivity index (χ0) is 56.5. The molecule has 0 saturated carbocycles. The van der Waals surface area contributed by atoms with Gasteiger partial charge in [0.1, 0.15) is 48.0 Å². The lowest BCUT2D eigenvalue weighted by Gasteiger charge is -2.25. The zero-order valence-electron chi connectivity index (χ0n) is 44.6. The third-order valence-electron chi connectivity index (χ3n) is 13.0. The van der Waals surface area contributed by atoms with Gasteiger partial charge in [-0.2, -0.15) is 5.10 Å². The van der Waals surface area contributed by atoms with Crippen molar-refractivity contribution in [1.29, 1.82) is 0 Å². The summed E-state index contributed by atoms with van der Waals surface area (Å²) in [5.74, 6) is -0.947. The van der Waals surface area contributed by atoms with Crippen LogP contribution in [0.1, 0.15) is 75.0 Å². The Hall–Kier alpha value is -9.73. The lowest BCUT2D eigenvalue weighted by Crippen LogP contribution is -2.54. The van der Waals surface area contributed by atoms with Gasteiger partial charge in [0, 0.05) is 60.4 Å². The molecule has 1 aliphatic rings. The van der Waals surface area contributed by atoms with Crippen molar-refractivity contribution in [3.8, 4) is 34.1 Å². The number of imide groups is 1. The number of aromatic amines is 1. The monoisotopic (exact) mass is 1090 g/mol. The topological polar surface area (TPSA) is 290 Å². The third-order valence-corrected chi connectivity index (χ3v) is 13.0. The van der Waals surface area contributed by atoms with E-state index in [4.69, 9.17) is 25.2 Å². The summed E-state index contributed by atoms with van der Waals surface area (Å²) in [5, 5.41) is 15.2. The summed E-state index contributed by atoms with van der Waals surface area (Å²) in [4.78, 5) is 110. The van der Waals surface area contributed by atoms with Gasteiger partial charge in [0.15, 0.2) is 5.65 Å². The fraction of sp³-hybridized carbons (Fsp3) is 0.293. The van der Waals surface area contributed by atoms with Gasteiger partial charge in [0.2, 0.25) is 17.7 Å². The van der Waals surface area contributed by atoms with Gasteiger partial charge < -0.3 is 41.5 Å². The number of hydrogen-bond acceptors (Lipinski definition) is 13. The number of rotatable bonds is 26. The number of ether oxygens (including phenoxy) is 2. The molecule has 0 aliphatic carbocycles. The average Bonchev–Trinajstić information content (AvgIpc) is 4.25. The van der Waals surface area contributed by atoms with Crippen LogP contribution in [0.3, 0.4) is 0 Å². The van der Waals surface area contributed by atoms with Crippen molar-refractivity contribution in [3.63, 3.8) is 0 Å². The van der Waals surface area contributed by atoms with Crippen molar-refractivity contribution in [3.05, 3.63) is 157 Å². The standard InChI is InChI=1S/C58H63N13O9/c1-37(2)52(68-49(72)21-8-5-11-31-70-50(73)28-29-51(70)74)56(76)65-45(19-13-30-60-57(59)77)55(75)64-42-25-22-39(23-26-42)35-79-58(78)69(32-40-15-9-10-20-46(40)80-43-16-6-4-7-17-43)34-47-66-53(41-24-27-48-61-36-62-71(48)33-41)54(67-47)44-18-12-14-38(3)63-44/h4,6-7,9-10,12,14-18,20,22-29,33,36-37,45,52H,5,8,11,13,19,21,30-32,34-35H2,1-3H3,(H,64,75)(H,65,76)(H,66,67)(H,68,72)(H3,59,60,77)/t45-,52?/m0/s1. The minimum atomic E-state index is -1.08. The highest BCUT2D eigenvalue weighted by Crippen LogP contribution is 2.32. The maximum atomic E-state index is 14.4. The summed E-state index contributed by atoms with van der Waals surface area (Å²) >= 11 is 0. The first-order chi connectivity index (χ1) is 38.7. The molecule has 3 aromatic carbocycles. The number of benzene rings is 3. The molecule has 7 N–H and O–H groups in total. The van der Waals surface area contributed by atoms with Crippen LogP contribution < -0.4 is 31.7 Å². The van der Waals surface area contributed by atoms with Gasteiger partial charge in [-0.05, 0) is 98.7 Å². The fourth-order valence-corrected chi connectivity index (χ4v) is 8.81. The zero-order valence-corrected chi connectivity index (χ0v) is 44.6. The van der Waals surface area contributed by atoms with Gasteiger partial charge in [-0.15, -0.1) is 0 Å². The van der Waals surface area contributed by atoms with E-state index in [0.29, 0.717) is 76.1 Å². The molecule has 2 atom stereocenters. The summed E-state index contributed by atoms with van der Waals surface area (Å²) < 4.78 is 14.0. The lowest BCUT2D eigenvalue weighted by molar-refractivity contribution is -0.137. The SMILES string of the molecule is Cc1cccc(-c2nc(CN(Cc3ccccc3Oc3ccccc3)C(=O)OCc3ccc(NC(=O)[C@H](CCCNC(N)=O)NC(=O)C(NC(=O)CCCCCN4C(=O)C=CC4=O)C(C)C)cc3)[nH]c2-c2ccc3ncnn3c2)n1. The van der Waals surface area contributed by atoms with Crippen molar-refractivity contribution >= 4 is 53.0 Å². The molecule has 22 heteroatoms. The number of primary amides is 1. The Labute approximate surface area is 461 Å². The molecule has 8 rings (SSSR count). The Bertz CT molecular complexity index is 3340. The average molecular weight is 1090 g/mol. The first-order valence-corrected chi connectivity index (χ1v) is 26.3. The lowest BCUT2D eigenvalue weighted by atomic mass is 10.0. The van der Waals surface area contributed by atoms with Crippen molar-refractivity contribution in [2.75, 3.05) is 18.4 Å². The number of nitrogens with zero attached hydrogens (tertiary/aromatic N) is 7. The summed E-state index contributed by atoms with van der Waals surface area (Å²) in [6, 6.07) is 30.1. The molecule has 414 valence electrons. The largest absolute Gasteiger partial charge is 0.457 e. The van der Waals surface area contributed by atoms with Crippen molar-refractivity contribution in [2.24, 2.45) is 11.7 Å². The number of amides is 8. The van der Waals surface area contributed by atoms with Gasteiger partial charge in [-0.1, -0.05) is 74.9 Å². The number of pyridine rings is 2. The number of aryl methyl sites for hydroxylation is 1. The van der Waals surface area contributed by atoms with Crippen LogP contribution >= 0.6 is 0 Å². The number of hydrogen-bond donors (Lipinski definition) is 6. The number of aromatic nitrogens is 6. The number of unbranched alkanes of at least 4 members (excludes halogenated alkanes) is 2. The van der Waals surface area contributed by atoms with Crippen molar-refractivity contribution in [2.45, 2.75) is 91.1 Å². The summed E-state index contributed by atoms with van der Waals surface area (Å²) in [7, 11) is 0. The van der Waals surface area contributed by atoms with E-state index >= 15 is 0 Å². The van der Waals surface area contributed by atoms with E-state index in [9.17, 15) is 33.6 Å². The number of nitrogens with two attached hydrogens (primary N) is 1. The molecule has 0 fully saturated rings. The molecule has 0 spiro atoms. The highest BCUT2D eigenvalue weighted by molar-refractivity contribution is 6.12. The van der Waals surface area contributed by atoms with Gasteiger partial charge in [-0.3, -0.25) is 38.8 Å². The molecular formula is C58H63N13O9. The maximum Gasteiger partial charge on any atom is 0.410 e. The number of para-hydroxylation sites is 2. The molecule has 8 amide bonds. The van der Waals surface area contributed by atoms with E-state index < -0.39 is 36.0 Å². The number of imidazole rings is 1. The fourth-order valence-electron chi connectivity index (χ4n) is 8.81. The van der Waals surface area contributed by atoms with Crippen LogP contribution in [-0.2, 0) is 48.4 Å². The Morgan fingerprint density at radius 1 is 0.787 bits per heavy atom. The van der Waals surface area contributed by atoms with Gasteiger partial charge in [0.05, 0.1) is 24.5 Å². The summed E-state index contributed by atoms with van der Waals surface area (Å²) in [6.45, 7) is 5.75. The minimum absolute atomic E-state index is 0.0123.